The lowest BCUT2D eigenvalue weighted by molar-refractivity contribution is -0.159. The highest BCUT2D eigenvalue weighted by Gasteiger charge is 2.61. The number of likely N-dealkylation sites (tertiary alicyclic amines) is 1. The van der Waals surface area contributed by atoms with Gasteiger partial charge in [-0.1, -0.05) is 24.8 Å². The summed E-state index contributed by atoms with van der Waals surface area (Å²) in [5.41, 5.74) is -1.32. The van der Waals surface area contributed by atoms with Crippen molar-refractivity contribution in [3.8, 4) is 0 Å². The Morgan fingerprint density at radius 3 is 2.41 bits per heavy atom. The van der Waals surface area contributed by atoms with Gasteiger partial charge in [0.1, 0.15) is 17.5 Å². The van der Waals surface area contributed by atoms with Crippen LogP contribution in [-0.2, 0) is 56.6 Å². The van der Waals surface area contributed by atoms with Crippen LogP contribution in [0.2, 0.25) is 0 Å². The van der Waals surface area contributed by atoms with Crippen molar-refractivity contribution in [3.63, 3.8) is 0 Å². The fraction of sp³-hybridized carbons (Fsp3) is 0.579. The average Bonchev–Trinajstić information content (AvgIpc) is 3.99. The van der Waals surface area contributed by atoms with Gasteiger partial charge in [0.05, 0.1) is 42.1 Å². The van der Waals surface area contributed by atoms with Crippen LogP contribution in [0.1, 0.15) is 77.3 Å². The summed E-state index contributed by atoms with van der Waals surface area (Å²) in [6, 6.07) is 3.30. The lowest BCUT2D eigenvalue weighted by Gasteiger charge is -2.31. The number of amides is 4. The molecule has 5 atom stereocenters. The lowest BCUT2D eigenvalue weighted by atomic mass is 9.91. The van der Waals surface area contributed by atoms with Gasteiger partial charge in [0, 0.05) is 38.0 Å². The number of rotatable bonds is 15. The molecule has 2 heterocycles. The molecule has 1 unspecified atom stereocenters. The number of nitrogens with zero attached hydrogens (tertiary/aromatic N) is 3. The number of esters is 1. The minimum Gasteiger partial charge on any atom is -0.460 e. The molecule has 1 N–H and O–H groups in total. The van der Waals surface area contributed by atoms with E-state index >= 15 is 0 Å². The maximum absolute atomic E-state index is 14.5. The lowest BCUT2D eigenvalue weighted by Crippen LogP contribution is -2.49. The molecule has 0 aromatic heterocycles. The minimum absolute atomic E-state index is 0.0367. The monoisotopic (exact) mass is 772 g/mol. The number of allylic oxidation sites excluding steroid dienone is 1. The van der Waals surface area contributed by atoms with E-state index in [1.165, 1.54) is 26.8 Å². The van der Waals surface area contributed by atoms with E-state index in [0.717, 1.165) is 6.08 Å². The molecule has 1 saturated heterocycles. The number of carbonyl (C=O) groups is 6. The molecule has 14 nitrogen and oxygen atoms in total. The number of carbonyl (C=O) groups excluding carboxylic acids is 6. The molecule has 1 aromatic carbocycles. The third-order valence-electron chi connectivity index (χ3n) is 10.4. The van der Waals surface area contributed by atoms with Crippen LogP contribution in [0.25, 0.3) is 0 Å². The molecule has 5 rings (SSSR count). The summed E-state index contributed by atoms with van der Waals surface area (Å²) in [7, 11) is -3.93. The number of sulfonamides is 1. The quantitative estimate of drug-likeness (QED) is 0.158. The van der Waals surface area contributed by atoms with Gasteiger partial charge in [-0.2, -0.15) is 0 Å². The fourth-order valence-corrected chi connectivity index (χ4v) is 8.67. The van der Waals surface area contributed by atoms with Crippen LogP contribution >= 0.6 is 0 Å². The van der Waals surface area contributed by atoms with Gasteiger partial charge in [-0.25, -0.2) is 17.6 Å². The van der Waals surface area contributed by atoms with Crippen molar-refractivity contribution in [1.29, 1.82) is 0 Å². The van der Waals surface area contributed by atoms with Gasteiger partial charge in [-0.3, -0.25) is 33.6 Å². The van der Waals surface area contributed by atoms with Gasteiger partial charge >= 0.3 is 12.1 Å². The van der Waals surface area contributed by atoms with Crippen LogP contribution in [0, 0.1) is 23.1 Å². The van der Waals surface area contributed by atoms with Crippen LogP contribution in [0.5, 0.6) is 0 Å². The molecule has 2 saturated carbocycles. The number of likely N-dealkylation sites (N-methyl/N-ethyl adjacent to an activating group) is 1. The topological polar surface area (TPSA) is 177 Å². The number of hydrogen-bond donors (Lipinski definition) is 1. The molecular formula is C38H49FN4O10S. The molecular weight excluding hydrogens is 724 g/mol. The van der Waals surface area contributed by atoms with Crippen molar-refractivity contribution in [1.82, 2.24) is 19.4 Å². The molecule has 1 aromatic rings. The first-order valence-electron chi connectivity index (χ1n) is 18.2. The Balaban J connectivity index is 1.41. The summed E-state index contributed by atoms with van der Waals surface area (Å²) in [5.74, 6) is -5.44. The Morgan fingerprint density at radius 1 is 1.13 bits per heavy atom. The molecule has 0 bridgehead atoms. The zero-order valence-corrected chi connectivity index (χ0v) is 32.0. The van der Waals surface area contributed by atoms with Crippen LogP contribution < -0.4 is 4.72 Å². The predicted octanol–water partition coefficient (Wildman–Crippen LogP) is 3.39. The number of hydrogen-bond acceptors (Lipinski definition) is 10. The Labute approximate surface area is 315 Å². The summed E-state index contributed by atoms with van der Waals surface area (Å²) < 4.78 is 53.3. The number of halogens is 1. The Kier molecular flexibility index (Phi) is 11.7. The molecule has 4 amide bonds. The molecule has 4 aliphatic rings. The zero-order valence-electron chi connectivity index (χ0n) is 31.2. The molecule has 2 aliphatic carbocycles. The smallest absolute Gasteiger partial charge is 0.410 e. The normalized spacial score (nSPS) is 23.8. The van der Waals surface area contributed by atoms with Crippen molar-refractivity contribution in [2.45, 2.75) is 102 Å². The average molecular weight is 773 g/mol. The number of Topliss-reactive ketones (excluding diaryl/α,β-unsaturated/α-hetero) is 1. The van der Waals surface area contributed by atoms with Crippen molar-refractivity contribution in [3.05, 3.63) is 60.5 Å². The van der Waals surface area contributed by atoms with Crippen molar-refractivity contribution >= 4 is 45.6 Å². The van der Waals surface area contributed by atoms with Gasteiger partial charge in [0.2, 0.25) is 27.7 Å². The Bertz CT molecular complexity index is 1840. The first-order chi connectivity index (χ1) is 25.3. The van der Waals surface area contributed by atoms with E-state index in [4.69, 9.17) is 9.47 Å². The Morgan fingerprint density at radius 2 is 1.83 bits per heavy atom. The van der Waals surface area contributed by atoms with E-state index in [1.807, 2.05) is 0 Å². The van der Waals surface area contributed by atoms with E-state index in [9.17, 15) is 41.6 Å². The van der Waals surface area contributed by atoms with Crippen LogP contribution in [0.3, 0.4) is 0 Å². The second-order valence-corrected chi connectivity index (χ2v) is 17.5. The molecule has 3 fully saturated rings. The van der Waals surface area contributed by atoms with E-state index in [2.05, 4.69) is 17.9 Å². The van der Waals surface area contributed by atoms with Crippen LogP contribution in [-0.4, -0.2) is 101 Å². The molecule has 16 heteroatoms. The molecule has 0 spiro atoms. The second kappa shape index (κ2) is 15.6. The standard InChI is InChI=1S/C38H49FN4O10S/c1-7-25-17-38(25,35(48)40-54(50,51)27-13-14-27)18-31(44)30-16-26(52-36(49)42-19-23-11-10-12-29(39)28(23)22-42)21-43(30)34(47)24(15-33(46)53-37(4,5)6)20-41(9-3)32(45)8-2/h7-8,10-12,24-27,30H,1-2,9,13-22H2,3-6H3,(H,40,48)/t24-,25+,26?,30-,38+/m0/s1. The summed E-state index contributed by atoms with van der Waals surface area (Å²) in [6.07, 6.45) is 0.743. The molecule has 2 aliphatic heterocycles. The first-order valence-corrected chi connectivity index (χ1v) is 19.7. The largest absolute Gasteiger partial charge is 0.460 e. The van der Waals surface area contributed by atoms with Crippen molar-refractivity contribution in [2.24, 2.45) is 17.3 Å². The van der Waals surface area contributed by atoms with Crippen molar-refractivity contribution < 1.29 is 51.0 Å². The van der Waals surface area contributed by atoms with Gasteiger partial charge in [-0.15, -0.1) is 6.58 Å². The zero-order chi connectivity index (χ0) is 39.7. The van der Waals surface area contributed by atoms with E-state index in [1.54, 1.807) is 39.8 Å². The number of nitrogens with one attached hydrogen (secondary N) is 1. The third kappa shape index (κ3) is 9.01. The summed E-state index contributed by atoms with van der Waals surface area (Å²) in [5, 5.41) is -0.675. The second-order valence-electron chi connectivity index (χ2n) is 15.6. The van der Waals surface area contributed by atoms with E-state index in [-0.39, 0.29) is 45.6 Å². The SMILES string of the molecule is C=CC(=O)N(CC)C[C@H](CC(=O)OC(C)(C)C)C(=O)N1CC(OC(=O)N2Cc3cccc(F)c3C2)C[C@H]1C(=O)C[C@]1(C(=O)NS(=O)(=O)C2CC2)C[C@H]1C=C. The van der Waals surface area contributed by atoms with Gasteiger partial charge < -0.3 is 19.3 Å². The fourth-order valence-electron chi connectivity index (χ4n) is 7.29. The first kappa shape index (κ1) is 40.6. The minimum atomic E-state index is -3.93. The van der Waals surface area contributed by atoms with Crippen molar-refractivity contribution in [2.75, 3.05) is 19.6 Å². The summed E-state index contributed by atoms with van der Waals surface area (Å²) in [4.78, 5) is 85.4. The number of fused-ring (bicyclic) bond motifs is 1. The van der Waals surface area contributed by atoms with E-state index in [0.29, 0.717) is 24.0 Å². The number of ketones is 1. The third-order valence-corrected chi connectivity index (χ3v) is 12.2. The highest BCUT2D eigenvalue weighted by molar-refractivity contribution is 7.90. The number of benzene rings is 1. The highest BCUT2D eigenvalue weighted by Crippen LogP contribution is 2.57. The molecule has 294 valence electrons. The van der Waals surface area contributed by atoms with Crippen LogP contribution in [0.4, 0.5) is 9.18 Å². The number of ether oxygens (including phenoxy) is 2. The summed E-state index contributed by atoms with van der Waals surface area (Å²) >= 11 is 0. The Hall–Kier alpha value is -4.60. The van der Waals surface area contributed by atoms with Gasteiger partial charge in [-0.05, 0) is 70.6 Å². The predicted molar refractivity (Wildman–Crippen MR) is 193 cm³/mol. The van der Waals surface area contributed by atoms with E-state index < -0.39 is 104 Å². The molecule has 54 heavy (non-hydrogen) atoms. The maximum Gasteiger partial charge on any atom is 0.410 e. The van der Waals surface area contributed by atoms with Gasteiger partial charge in [0.15, 0.2) is 5.78 Å². The maximum atomic E-state index is 14.5. The van der Waals surface area contributed by atoms with Crippen LogP contribution in [0.15, 0.2) is 43.5 Å². The summed E-state index contributed by atoms with van der Waals surface area (Å²) in [6.45, 7) is 13.7. The molecule has 0 radical (unpaired) electrons. The highest BCUT2D eigenvalue weighted by atomic mass is 32.2. The van der Waals surface area contributed by atoms with Gasteiger partial charge in [0.25, 0.3) is 0 Å².